The van der Waals surface area contributed by atoms with Gasteiger partial charge in [0.1, 0.15) is 23.9 Å². The predicted molar refractivity (Wildman–Crippen MR) is 124 cm³/mol. The summed E-state index contributed by atoms with van der Waals surface area (Å²) in [4.78, 5) is 24.2. The number of hydrazone groups is 1. The van der Waals surface area contributed by atoms with Crippen molar-refractivity contribution in [1.82, 2.24) is 5.43 Å². The van der Waals surface area contributed by atoms with Gasteiger partial charge in [0.15, 0.2) is 0 Å². The van der Waals surface area contributed by atoms with Crippen LogP contribution in [0.5, 0.6) is 11.5 Å². The molecule has 0 aliphatic carbocycles. The van der Waals surface area contributed by atoms with E-state index in [9.17, 15) is 14.0 Å². The average molecular weight is 470 g/mol. The summed E-state index contributed by atoms with van der Waals surface area (Å²) in [7, 11) is 1.46. The third-order valence-electron chi connectivity index (χ3n) is 4.60. The second-order valence-corrected chi connectivity index (χ2v) is 7.21. The first kappa shape index (κ1) is 23.7. The molecule has 0 unspecified atom stereocenters. The standard InChI is InChI=1S/C24H21ClFN3O4/c1-15(28-29-24(31)23(30)27-21-8-3-4-9-22(21)32-2)16-10-12-17(13-11-16)33-14-18-19(25)6-5-7-20(18)26/h3-13H,14H2,1-2H3,(H,27,30)(H,29,31)/b28-15+. The number of amides is 2. The molecule has 0 aliphatic heterocycles. The Morgan fingerprint density at radius 1 is 1.00 bits per heavy atom. The van der Waals surface area contributed by atoms with Gasteiger partial charge in [0, 0.05) is 5.56 Å². The highest BCUT2D eigenvalue weighted by Crippen LogP contribution is 2.23. The first-order chi connectivity index (χ1) is 15.9. The van der Waals surface area contributed by atoms with Crippen molar-refractivity contribution < 1.29 is 23.5 Å². The Morgan fingerprint density at radius 2 is 1.73 bits per heavy atom. The quantitative estimate of drug-likeness (QED) is 0.302. The normalized spacial score (nSPS) is 11.0. The SMILES string of the molecule is COc1ccccc1NC(=O)C(=O)N/N=C(\C)c1ccc(OCc2c(F)cccc2Cl)cc1. The summed E-state index contributed by atoms with van der Waals surface area (Å²) < 4.78 is 24.6. The number of ether oxygens (including phenoxy) is 2. The van der Waals surface area contributed by atoms with Gasteiger partial charge in [-0.1, -0.05) is 29.8 Å². The summed E-state index contributed by atoms with van der Waals surface area (Å²) in [5.41, 5.74) is 4.02. The minimum atomic E-state index is -0.929. The number of para-hydroxylation sites is 2. The molecule has 3 aromatic rings. The van der Waals surface area contributed by atoms with Crippen molar-refractivity contribution in [3.05, 3.63) is 88.7 Å². The van der Waals surface area contributed by atoms with Crippen LogP contribution >= 0.6 is 11.6 Å². The highest BCUT2D eigenvalue weighted by Gasteiger charge is 2.15. The average Bonchev–Trinajstić information content (AvgIpc) is 2.82. The van der Waals surface area contributed by atoms with Crippen LogP contribution in [-0.2, 0) is 16.2 Å². The zero-order valence-electron chi connectivity index (χ0n) is 17.9. The highest BCUT2D eigenvalue weighted by atomic mass is 35.5. The van der Waals surface area contributed by atoms with E-state index in [0.29, 0.717) is 33.5 Å². The molecule has 0 atom stereocenters. The molecule has 170 valence electrons. The van der Waals surface area contributed by atoms with Gasteiger partial charge in [-0.25, -0.2) is 9.82 Å². The Labute approximate surface area is 195 Å². The molecular formula is C24H21ClFN3O4. The maximum atomic E-state index is 13.8. The number of anilines is 1. The van der Waals surface area contributed by atoms with Gasteiger partial charge < -0.3 is 14.8 Å². The highest BCUT2D eigenvalue weighted by molar-refractivity contribution is 6.39. The van der Waals surface area contributed by atoms with Gasteiger partial charge in [-0.2, -0.15) is 5.10 Å². The van der Waals surface area contributed by atoms with Crippen molar-refractivity contribution >= 4 is 34.8 Å². The molecule has 2 N–H and O–H groups in total. The van der Waals surface area contributed by atoms with Crippen LogP contribution in [0.2, 0.25) is 5.02 Å². The first-order valence-electron chi connectivity index (χ1n) is 9.83. The summed E-state index contributed by atoms with van der Waals surface area (Å²) in [5, 5.41) is 6.72. The molecule has 0 saturated carbocycles. The van der Waals surface area contributed by atoms with Crippen LogP contribution < -0.4 is 20.2 Å². The van der Waals surface area contributed by atoms with E-state index in [0.717, 1.165) is 0 Å². The van der Waals surface area contributed by atoms with E-state index in [-0.39, 0.29) is 12.2 Å². The first-order valence-corrected chi connectivity index (χ1v) is 10.2. The van der Waals surface area contributed by atoms with Crippen molar-refractivity contribution in [2.75, 3.05) is 12.4 Å². The Morgan fingerprint density at radius 3 is 2.42 bits per heavy atom. The van der Waals surface area contributed by atoms with Gasteiger partial charge >= 0.3 is 11.8 Å². The van der Waals surface area contributed by atoms with Crippen molar-refractivity contribution in [2.24, 2.45) is 5.10 Å². The minimum Gasteiger partial charge on any atom is -0.495 e. The molecule has 9 heteroatoms. The molecule has 3 aromatic carbocycles. The van der Waals surface area contributed by atoms with Gasteiger partial charge in [-0.05, 0) is 61.0 Å². The molecule has 3 rings (SSSR count). The lowest BCUT2D eigenvalue weighted by molar-refractivity contribution is -0.136. The second-order valence-electron chi connectivity index (χ2n) is 6.81. The monoisotopic (exact) mass is 469 g/mol. The zero-order valence-corrected chi connectivity index (χ0v) is 18.7. The summed E-state index contributed by atoms with van der Waals surface area (Å²) in [6, 6.07) is 18.0. The molecule has 33 heavy (non-hydrogen) atoms. The molecule has 0 aliphatic rings. The van der Waals surface area contributed by atoms with Gasteiger partial charge in [0.25, 0.3) is 0 Å². The van der Waals surface area contributed by atoms with Crippen LogP contribution in [0.25, 0.3) is 0 Å². The third kappa shape index (κ3) is 6.30. The van der Waals surface area contributed by atoms with Crippen molar-refractivity contribution in [2.45, 2.75) is 13.5 Å². The number of methoxy groups -OCH3 is 1. The number of rotatable bonds is 7. The van der Waals surface area contributed by atoms with Crippen LogP contribution in [0.4, 0.5) is 10.1 Å². The van der Waals surface area contributed by atoms with Crippen LogP contribution in [0.1, 0.15) is 18.1 Å². The fourth-order valence-corrected chi connectivity index (χ4v) is 3.01. The lowest BCUT2D eigenvalue weighted by atomic mass is 10.1. The molecule has 2 amide bonds. The Bertz CT molecular complexity index is 1160. The van der Waals surface area contributed by atoms with Gasteiger partial charge in [0.05, 0.1) is 23.5 Å². The van der Waals surface area contributed by atoms with E-state index in [1.54, 1.807) is 61.5 Å². The number of nitrogens with zero attached hydrogens (tertiary/aromatic N) is 1. The van der Waals surface area contributed by atoms with Gasteiger partial charge in [-0.15, -0.1) is 0 Å². The Kier molecular flexibility index (Phi) is 7.99. The van der Waals surface area contributed by atoms with Crippen molar-refractivity contribution in [1.29, 1.82) is 0 Å². The maximum absolute atomic E-state index is 13.8. The molecule has 0 bridgehead atoms. The third-order valence-corrected chi connectivity index (χ3v) is 4.96. The molecule has 0 saturated heterocycles. The molecular weight excluding hydrogens is 449 g/mol. The molecule has 0 spiro atoms. The lowest BCUT2D eigenvalue weighted by Crippen LogP contribution is -2.33. The summed E-state index contributed by atoms with van der Waals surface area (Å²) in [6.45, 7) is 1.66. The van der Waals surface area contributed by atoms with Crippen LogP contribution in [0.15, 0.2) is 71.8 Å². The van der Waals surface area contributed by atoms with E-state index in [2.05, 4.69) is 15.8 Å². The molecule has 0 heterocycles. The van der Waals surface area contributed by atoms with E-state index < -0.39 is 17.6 Å². The number of halogens is 2. The van der Waals surface area contributed by atoms with E-state index in [4.69, 9.17) is 21.1 Å². The molecule has 7 nitrogen and oxygen atoms in total. The van der Waals surface area contributed by atoms with Crippen molar-refractivity contribution in [3.63, 3.8) is 0 Å². The topological polar surface area (TPSA) is 89.0 Å². The van der Waals surface area contributed by atoms with Crippen LogP contribution in [0.3, 0.4) is 0 Å². The second kappa shape index (κ2) is 11.1. The zero-order chi connectivity index (χ0) is 23.8. The summed E-state index contributed by atoms with van der Waals surface area (Å²) in [6.07, 6.45) is 0. The van der Waals surface area contributed by atoms with E-state index in [1.807, 2.05) is 0 Å². The Balaban J connectivity index is 1.57. The maximum Gasteiger partial charge on any atom is 0.329 e. The number of hydrogen-bond donors (Lipinski definition) is 2. The van der Waals surface area contributed by atoms with Gasteiger partial charge in [-0.3, -0.25) is 9.59 Å². The number of benzene rings is 3. The number of hydrogen-bond acceptors (Lipinski definition) is 5. The Hall–Kier alpha value is -3.91. The number of carbonyl (C=O) groups is 2. The fourth-order valence-electron chi connectivity index (χ4n) is 2.80. The van der Waals surface area contributed by atoms with Crippen molar-refractivity contribution in [3.8, 4) is 11.5 Å². The minimum absolute atomic E-state index is 0.0186. The summed E-state index contributed by atoms with van der Waals surface area (Å²) in [5.74, 6) is -1.31. The van der Waals surface area contributed by atoms with E-state index >= 15 is 0 Å². The number of nitrogens with one attached hydrogen (secondary N) is 2. The van der Waals surface area contributed by atoms with E-state index in [1.165, 1.54) is 19.2 Å². The van der Waals surface area contributed by atoms with Crippen LogP contribution in [-0.4, -0.2) is 24.6 Å². The fraction of sp³-hybridized carbons (Fsp3) is 0.125. The van der Waals surface area contributed by atoms with Crippen LogP contribution in [0, 0.1) is 5.82 Å². The van der Waals surface area contributed by atoms with Gasteiger partial charge in [0.2, 0.25) is 0 Å². The lowest BCUT2D eigenvalue weighted by Gasteiger charge is -2.10. The molecule has 0 fully saturated rings. The summed E-state index contributed by atoms with van der Waals surface area (Å²) >= 11 is 6.00. The number of carbonyl (C=O) groups excluding carboxylic acids is 2. The molecule has 0 aromatic heterocycles. The predicted octanol–water partition coefficient (Wildman–Crippen LogP) is 4.55. The smallest absolute Gasteiger partial charge is 0.329 e. The largest absolute Gasteiger partial charge is 0.495 e. The molecule has 0 radical (unpaired) electrons.